The first kappa shape index (κ1) is 22.5. The first-order valence-corrected chi connectivity index (χ1v) is 10.9. The average molecular weight is 417 g/mol. The molecule has 0 aliphatic heterocycles. The number of halogens is 3. The molecule has 0 radical (unpaired) electrons. The maximum absolute atomic E-state index is 15.5. The van der Waals surface area contributed by atoms with Crippen LogP contribution in [0.25, 0.3) is 10.8 Å². The summed E-state index contributed by atoms with van der Waals surface area (Å²) in [5, 5.41) is 1.08. The smallest absolute Gasteiger partial charge is 0.387 e. The molecule has 0 atom stereocenters. The van der Waals surface area contributed by atoms with Gasteiger partial charge in [0.1, 0.15) is 11.6 Å². The molecule has 3 rings (SSSR count). The predicted molar refractivity (Wildman–Crippen MR) is 118 cm³/mol. The molecule has 0 heterocycles. The summed E-state index contributed by atoms with van der Waals surface area (Å²) >= 11 is 0. The molecule has 0 bridgehead atoms. The van der Waals surface area contributed by atoms with E-state index in [0.29, 0.717) is 22.3 Å². The van der Waals surface area contributed by atoms with Gasteiger partial charge < -0.3 is 4.74 Å². The third-order valence-electron chi connectivity index (χ3n) is 6.23. The summed E-state index contributed by atoms with van der Waals surface area (Å²) < 4.78 is 46.6. The van der Waals surface area contributed by atoms with E-state index in [4.69, 9.17) is 4.74 Å². The average Bonchev–Trinajstić information content (AvgIpc) is 2.73. The maximum atomic E-state index is 15.5. The van der Waals surface area contributed by atoms with Crippen molar-refractivity contribution in [2.75, 3.05) is 0 Å². The van der Waals surface area contributed by atoms with Crippen LogP contribution >= 0.6 is 0 Å². The van der Waals surface area contributed by atoms with Gasteiger partial charge in [0.2, 0.25) is 0 Å². The SMILES string of the molecule is C=CCCc1ccc2c(F)c(C3CCC(CC/C=C/C)CC3)c(OC(F)F)cc2c1. The number of alkyl halides is 2. The molecular weight excluding hydrogens is 385 g/mol. The van der Waals surface area contributed by atoms with E-state index in [0.717, 1.165) is 56.9 Å². The van der Waals surface area contributed by atoms with Gasteiger partial charge in [-0.25, -0.2) is 4.39 Å². The van der Waals surface area contributed by atoms with E-state index in [1.807, 2.05) is 25.1 Å². The number of fused-ring (bicyclic) bond motifs is 1. The highest BCUT2D eigenvalue weighted by atomic mass is 19.3. The van der Waals surface area contributed by atoms with Crippen molar-refractivity contribution in [3.8, 4) is 5.75 Å². The Morgan fingerprint density at radius 1 is 1.13 bits per heavy atom. The van der Waals surface area contributed by atoms with Crippen molar-refractivity contribution in [3.63, 3.8) is 0 Å². The largest absolute Gasteiger partial charge is 0.434 e. The lowest BCUT2D eigenvalue weighted by molar-refractivity contribution is -0.0508. The molecular formula is C26H31F3O. The van der Waals surface area contributed by atoms with E-state index in [1.165, 1.54) is 0 Å². The fourth-order valence-corrected chi connectivity index (χ4v) is 4.64. The van der Waals surface area contributed by atoms with Gasteiger partial charge in [0.25, 0.3) is 0 Å². The van der Waals surface area contributed by atoms with Gasteiger partial charge in [-0.3, -0.25) is 0 Å². The quantitative estimate of drug-likeness (QED) is 0.373. The molecule has 0 N–H and O–H groups in total. The highest BCUT2D eigenvalue weighted by Gasteiger charge is 2.29. The monoisotopic (exact) mass is 416 g/mol. The van der Waals surface area contributed by atoms with Gasteiger partial charge >= 0.3 is 6.61 Å². The molecule has 1 saturated carbocycles. The zero-order chi connectivity index (χ0) is 21.5. The Morgan fingerprint density at radius 2 is 1.90 bits per heavy atom. The van der Waals surface area contributed by atoms with E-state index in [2.05, 4.69) is 18.7 Å². The molecule has 0 aromatic heterocycles. The van der Waals surface area contributed by atoms with Gasteiger partial charge in [0.15, 0.2) is 0 Å². The Balaban J connectivity index is 1.89. The van der Waals surface area contributed by atoms with Gasteiger partial charge in [0, 0.05) is 10.9 Å². The van der Waals surface area contributed by atoms with Crippen molar-refractivity contribution in [2.24, 2.45) is 5.92 Å². The van der Waals surface area contributed by atoms with Crippen LogP contribution in [0.1, 0.15) is 68.9 Å². The van der Waals surface area contributed by atoms with Gasteiger partial charge in [-0.15, -0.1) is 6.58 Å². The lowest BCUT2D eigenvalue weighted by atomic mass is 9.76. The summed E-state index contributed by atoms with van der Waals surface area (Å²) in [6.45, 7) is 2.77. The molecule has 30 heavy (non-hydrogen) atoms. The van der Waals surface area contributed by atoms with Crippen LogP contribution in [0, 0.1) is 11.7 Å². The lowest BCUT2D eigenvalue weighted by Gasteiger charge is -2.30. The molecule has 1 aliphatic rings. The fraction of sp³-hybridized carbons (Fsp3) is 0.462. The van der Waals surface area contributed by atoms with E-state index >= 15 is 4.39 Å². The van der Waals surface area contributed by atoms with E-state index in [1.54, 1.807) is 12.1 Å². The number of hydrogen-bond acceptors (Lipinski definition) is 1. The number of allylic oxidation sites excluding steroid dienone is 3. The van der Waals surface area contributed by atoms with E-state index < -0.39 is 12.4 Å². The second-order valence-electron chi connectivity index (χ2n) is 8.23. The number of hydrogen-bond donors (Lipinski definition) is 0. The molecule has 0 unspecified atom stereocenters. The number of aryl methyl sites for hydroxylation is 1. The highest BCUT2D eigenvalue weighted by molar-refractivity contribution is 5.86. The third-order valence-corrected chi connectivity index (χ3v) is 6.23. The van der Waals surface area contributed by atoms with Crippen molar-refractivity contribution in [1.82, 2.24) is 0 Å². The lowest BCUT2D eigenvalue weighted by Crippen LogP contribution is -2.16. The second-order valence-corrected chi connectivity index (χ2v) is 8.23. The third kappa shape index (κ3) is 5.47. The highest BCUT2D eigenvalue weighted by Crippen LogP contribution is 2.44. The number of benzene rings is 2. The Bertz CT molecular complexity index is 879. The molecule has 0 saturated heterocycles. The van der Waals surface area contributed by atoms with Crippen molar-refractivity contribution in [2.45, 2.75) is 70.8 Å². The Kier molecular flexibility index (Phi) is 8.01. The summed E-state index contributed by atoms with van der Waals surface area (Å²) in [5.41, 5.74) is 1.35. The molecule has 1 aliphatic carbocycles. The Morgan fingerprint density at radius 3 is 2.57 bits per heavy atom. The minimum absolute atomic E-state index is 0.00626. The van der Waals surface area contributed by atoms with Crippen LogP contribution in [0.15, 0.2) is 49.1 Å². The molecule has 162 valence electrons. The van der Waals surface area contributed by atoms with Crippen molar-refractivity contribution < 1.29 is 17.9 Å². The van der Waals surface area contributed by atoms with Gasteiger partial charge in [-0.2, -0.15) is 8.78 Å². The van der Waals surface area contributed by atoms with Gasteiger partial charge in [0.05, 0.1) is 0 Å². The molecule has 0 amide bonds. The second kappa shape index (κ2) is 10.7. The van der Waals surface area contributed by atoms with Crippen molar-refractivity contribution in [1.29, 1.82) is 0 Å². The number of ether oxygens (including phenoxy) is 1. The molecule has 2 aromatic rings. The minimum Gasteiger partial charge on any atom is -0.434 e. The molecule has 4 heteroatoms. The van der Waals surface area contributed by atoms with Gasteiger partial charge in [-0.05, 0) is 87.1 Å². The fourth-order valence-electron chi connectivity index (χ4n) is 4.64. The molecule has 1 nitrogen and oxygen atoms in total. The van der Waals surface area contributed by atoms with Crippen LogP contribution in [0.4, 0.5) is 13.2 Å². The number of rotatable bonds is 9. The van der Waals surface area contributed by atoms with Crippen LogP contribution in [0.3, 0.4) is 0 Å². The summed E-state index contributed by atoms with van der Waals surface area (Å²) in [6, 6.07) is 7.13. The Labute approximate surface area is 177 Å². The molecule has 0 spiro atoms. The van der Waals surface area contributed by atoms with E-state index in [9.17, 15) is 8.78 Å². The van der Waals surface area contributed by atoms with Gasteiger partial charge in [-0.1, -0.05) is 36.4 Å². The molecule has 1 fully saturated rings. The first-order chi connectivity index (χ1) is 14.5. The maximum Gasteiger partial charge on any atom is 0.387 e. The standard InChI is InChI=1S/C26H31F3O/c1-3-5-7-9-18-10-13-20(14-11-18)24-23(30-26(28)29)17-21-16-19(8-6-4-2)12-15-22(21)25(24)27/h3-5,12,15-18,20,26H,2,6-11,13-14H2,1H3/b5-3+. The van der Waals surface area contributed by atoms with Crippen LogP contribution in [-0.2, 0) is 6.42 Å². The van der Waals surface area contributed by atoms with Crippen LogP contribution in [-0.4, -0.2) is 6.61 Å². The normalized spacial score (nSPS) is 19.6. The summed E-state index contributed by atoms with van der Waals surface area (Å²) in [4.78, 5) is 0. The summed E-state index contributed by atoms with van der Waals surface area (Å²) in [7, 11) is 0. The van der Waals surface area contributed by atoms with Crippen LogP contribution in [0.5, 0.6) is 5.75 Å². The minimum atomic E-state index is -2.97. The molecule has 2 aromatic carbocycles. The van der Waals surface area contributed by atoms with Crippen molar-refractivity contribution in [3.05, 3.63) is 66.0 Å². The van der Waals surface area contributed by atoms with Crippen LogP contribution in [0.2, 0.25) is 0 Å². The first-order valence-electron chi connectivity index (χ1n) is 10.9. The topological polar surface area (TPSA) is 9.23 Å². The predicted octanol–water partition coefficient (Wildman–Crippen LogP) is 8.33. The summed E-state index contributed by atoms with van der Waals surface area (Å²) in [5.74, 6) is 0.124. The van der Waals surface area contributed by atoms with E-state index in [-0.39, 0.29) is 11.7 Å². The van der Waals surface area contributed by atoms with Crippen molar-refractivity contribution >= 4 is 10.8 Å². The zero-order valence-corrected chi connectivity index (χ0v) is 17.7. The summed E-state index contributed by atoms with van der Waals surface area (Å²) in [6.07, 6.45) is 13.4. The van der Waals surface area contributed by atoms with Crippen LogP contribution < -0.4 is 4.74 Å². The zero-order valence-electron chi connectivity index (χ0n) is 17.7. The Hall–Kier alpha value is -2.23.